The molecule has 1 aromatic heterocycles. The molecule has 0 atom stereocenters. The zero-order valence-corrected chi connectivity index (χ0v) is 8.20. The van der Waals surface area contributed by atoms with Gasteiger partial charge in [0, 0.05) is 13.5 Å². The molecule has 0 saturated heterocycles. The van der Waals surface area contributed by atoms with Crippen LogP contribution in [0.1, 0.15) is 18.6 Å². The number of aromatic nitrogens is 3. The molecule has 4 nitrogen and oxygen atoms in total. The summed E-state index contributed by atoms with van der Waals surface area (Å²) in [7, 11) is 6.07. The molecule has 0 aromatic carbocycles. The molecular weight excluding hydrogens is 152 g/mol. The van der Waals surface area contributed by atoms with E-state index < -0.39 is 0 Å². The van der Waals surface area contributed by atoms with E-state index in [1.54, 1.807) is 0 Å². The molecule has 0 spiro atoms. The van der Waals surface area contributed by atoms with Crippen molar-refractivity contribution in [3.05, 3.63) is 11.6 Å². The van der Waals surface area contributed by atoms with Crippen LogP contribution in [0.15, 0.2) is 0 Å². The van der Waals surface area contributed by atoms with Gasteiger partial charge in [-0.1, -0.05) is 6.92 Å². The molecule has 1 aromatic rings. The normalized spacial score (nSPS) is 11.1. The first-order valence-corrected chi connectivity index (χ1v) is 4.17. The van der Waals surface area contributed by atoms with Gasteiger partial charge in [-0.2, -0.15) is 0 Å². The number of rotatable bonds is 3. The molecule has 0 saturated carbocycles. The highest BCUT2D eigenvalue weighted by Crippen LogP contribution is 2.01. The second-order valence-electron chi connectivity index (χ2n) is 3.18. The van der Waals surface area contributed by atoms with Crippen molar-refractivity contribution in [1.29, 1.82) is 0 Å². The summed E-state index contributed by atoms with van der Waals surface area (Å²) < 4.78 is 2.06. The monoisotopic (exact) mass is 168 g/mol. The fourth-order valence-electron chi connectivity index (χ4n) is 1.13. The Hall–Kier alpha value is -0.900. The van der Waals surface area contributed by atoms with Gasteiger partial charge in [-0.3, -0.25) is 0 Å². The summed E-state index contributed by atoms with van der Waals surface area (Å²) >= 11 is 0. The Balaban J connectivity index is 2.80. The topological polar surface area (TPSA) is 34.0 Å². The maximum atomic E-state index is 4.10. The van der Waals surface area contributed by atoms with Crippen LogP contribution in [0.4, 0.5) is 0 Å². The van der Waals surface area contributed by atoms with E-state index in [9.17, 15) is 0 Å². The second kappa shape index (κ2) is 3.67. The first kappa shape index (κ1) is 9.19. The van der Waals surface area contributed by atoms with Gasteiger partial charge in [0.1, 0.15) is 11.6 Å². The Morgan fingerprint density at radius 1 is 1.25 bits per heavy atom. The van der Waals surface area contributed by atoms with Gasteiger partial charge in [-0.15, -0.1) is 10.2 Å². The SMILES string of the molecule is CCc1nnc(CN(C)C)n1C. The van der Waals surface area contributed by atoms with Crippen LogP contribution in [-0.4, -0.2) is 33.8 Å². The van der Waals surface area contributed by atoms with E-state index in [1.807, 2.05) is 21.1 Å². The van der Waals surface area contributed by atoms with E-state index in [1.165, 1.54) is 0 Å². The Bertz CT molecular complexity index is 252. The lowest BCUT2D eigenvalue weighted by molar-refractivity contribution is 0.383. The summed E-state index contributed by atoms with van der Waals surface area (Å²) in [5.41, 5.74) is 0. The highest BCUT2D eigenvalue weighted by Gasteiger charge is 2.06. The zero-order valence-electron chi connectivity index (χ0n) is 8.20. The summed E-state index contributed by atoms with van der Waals surface area (Å²) in [5, 5.41) is 8.17. The number of hydrogen-bond acceptors (Lipinski definition) is 3. The number of nitrogens with zero attached hydrogens (tertiary/aromatic N) is 4. The first-order valence-electron chi connectivity index (χ1n) is 4.17. The third-order valence-corrected chi connectivity index (χ3v) is 1.83. The molecule has 0 amide bonds. The minimum Gasteiger partial charge on any atom is -0.317 e. The van der Waals surface area contributed by atoms with Crippen LogP contribution in [0.3, 0.4) is 0 Å². The van der Waals surface area contributed by atoms with Crippen molar-refractivity contribution in [1.82, 2.24) is 19.7 Å². The standard InChI is InChI=1S/C8H16N4/c1-5-7-9-10-8(12(7)4)6-11(2)3/h5-6H2,1-4H3. The number of aryl methyl sites for hydroxylation is 1. The van der Waals surface area contributed by atoms with Crippen LogP contribution >= 0.6 is 0 Å². The van der Waals surface area contributed by atoms with Crippen LogP contribution in [0, 0.1) is 0 Å². The van der Waals surface area contributed by atoms with Crippen molar-refractivity contribution in [2.45, 2.75) is 19.9 Å². The molecule has 0 N–H and O–H groups in total. The summed E-state index contributed by atoms with van der Waals surface area (Å²) in [5.74, 6) is 2.07. The summed E-state index contributed by atoms with van der Waals surface area (Å²) in [6.07, 6.45) is 0.941. The van der Waals surface area contributed by atoms with Crippen LogP contribution < -0.4 is 0 Å². The summed E-state index contributed by atoms with van der Waals surface area (Å²) in [6.45, 7) is 2.94. The lowest BCUT2D eigenvalue weighted by Crippen LogP contribution is -2.14. The molecular formula is C8H16N4. The number of hydrogen-bond donors (Lipinski definition) is 0. The highest BCUT2D eigenvalue weighted by molar-refractivity contribution is 4.93. The van der Waals surface area contributed by atoms with Gasteiger partial charge < -0.3 is 9.47 Å². The zero-order chi connectivity index (χ0) is 9.14. The Morgan fingerprint density at radius 3 is 2.25 bits per heavy atom. The molecule has 1 heterocycles. The van der Waals surface area contributed by atoms with Crippen LogP contribution in [-0.2, 0) is 20.0 Å². The van der Waals surface area contributed by atoms with E-state index >= 15 is 0 Å². The summed E-state index contributed by atoms with van der Waals surface area (Å²) in [6, 6.07) is 0. The lowest BCUT2D eigenvalue weighted by atomic mass is 10.4. The first-order chi connectivity index (χ1) is 5.65. The molecule has 0 aliphatic rings. The Kier molecular flexibility index (Phi) is 2.81. The fraction of sp³-hybridized carbons (Fsp3) is 0.750. The van der Waals surface area contributed by atoms with Gasteiger partial charge >= 0.3 is 0 Å². The predicted molar refractivity (Wildman–Crippen MR) is 47.8 cm³/mol. The smallest absolute Gasteiger partial charge is 0.146 e. The van der Waals surface area contributed by atoms with Crippen LogP contribution in [0.2, 0.25) is 0 Å². The minimum absolute atomic E-state index is 0.851. The van der Waals surface area contributed by atoms with Gasteiger partial charge in [0.05, 0.1) is 6.54 Å². The second-order valence-corrected chi connectivity index (χ2v) is 3.18. The summed E-state index contributed by atoms with van der Waals surface area (Å²) in [4.78, 5) is 2.09. The van der Waals surface area contributed by atoms with Gasteiger partial charge in [-0.05, 0) is 14.1 Å². The van der Waals surface area contributed by atoms with Crippen molar-refractivity contribution in [2.75, 3.05) is 14.1 Å². The maximum Gasteiger partial charge on any atom is 0.146 e. The average molecular weight is 168 g/mol. The Morgan fingerprint density at radius 2 is 1.83 bits per heavy atom. The van der Waals surface area contributed by atoms with Crippen LogP contribution in [0.5, 0.6) is 0 Å². The quantitative estimate of drug-likeness (QED) is 0.656. The van der Waals surface area contributed by atoms with E-state index in [0.717, 1.165) is 24.6 Å². The van der Waals surface area contributed by atoms with Crippen molar-refractivity contribution in [3.8, 4) is 0 Å². The molecule has 0 fully saturated rings. The van der Waals surface area contributed by atoms with Gasteiger partial charge in [-0.25, -0.2) is 0 Å². The maximum absolute atomic E-state index is 4.10. The van der Waals surface area contributed by atoms with Gasteiger partial charge in [0.2, 0.25) is 0 Å². The highest BCUT2D eigenvalue weighted by atomic mass is 15.3. The molecule has 68 valence electrons. The third kappa shape index (κ3) is 1.82. The average Bonchev–Trinajstić information content (AvgIpc) is 2.32. The Labute approximate surface area is 73.2 Å². The van der Waals surface area contributed by atoms with E-state index in [4.69, 9.17) is 0 Å². The van der Waals surface area contributed by atoms with Crippen molar-refractivity contribution < 1.29 is 0 Å². The molecule has 0 unspecified atom stereocenters. The van der Waals surface area contributed by atoms with E-state index in [-0.39, 0.29) is 0 Å². The van der Waals surface area contributed by atoms with Gasteiger partial charge in [0.25, 0.3) is 0 Å². The molecule has 0 bridgehead atoms. The third-order valence-electron chi connectivity index (χ3n) is 1.83. The van der Waals surface area contributed by atoms with E-state index in [2.05, 4.69) is 26.6 Å². The van der Waals surface area contributed by atoms with Crippen molar-refractivity contribution >= 4 is 0 Å². The predicted octanol–water partition coefficient (Wildman–Crippen LogP) is 0.439. The van der Waals surface area contributed by atoms with Gasteiger partial charge in [0.15, 0.2) is 0 Å². The van der Waals surface area contributed by atoms with Crippen molar-refractivity contribution in [3.63, 3.8) is 0 Å². The molecule has 4 heteroatoms. The van der Waals surface area contributed by atoms with Crippen LogP contribution in [0.25, 0.3) is 0 Å². The van der Waals surface area contributed by atoms with Crippen molar-refractivity contribution in [2.24, 2.45) is 7.05 Å². The molecule has 1 rings (SSSR count). The fourth-order valence-corrected chi connectivity index (χ4v) is 1.13. The molecule has 0 radical (unpaired) electrons. The molecule has 0 aliphatic carbocycles. The molecule has 0 aliphatic heterocycles. The van der Waals surface area contributed by atoms with E-state index in [0.29, 0.717) is 0 Å². The lowest BCUT2D eigenvalue weighted by Gasteiger charge is -2.08. The molecule has 12 heavy (non-hydrogen) atoms. The largest absolute Gasteiger partial charge is 0.317 e. The minimum atomic E-state index is 0.851.